The van der Waals surface area contributed by atoms with Gasteiger partial charge in [-0.15, -0.1) is 0 Å². The third-order valence-corrected chi connectivity index (χ3v) is 3.11. The second kappa shape index (κ2) is 5.03. The van der Waals surface area contributed by atoms with Crippen LogP contribution in [0.5, 0.6) is 0 Å². The summed E-state index contributed by atoms with van der Waals surface area (Å²) in [5.41, 5.74) is 0.787. The van der Waals surface area contributed by atoms with Crippen LogP contribution >= 0.6 is 11.8 Å². The van der Waals surface area contributed by atoms with E-state index in [2.05, 4.69) is 0 Å². The van der Waals surface area contributed by atoms with Crippen LogP contribution in [0.2, 0.25) is 0 Å². The Balaban J connectivity index is 2.01. The van der Waals surface area contributed by atoms with Gasteiger partial charge in [0.1, 0.15) is 0 Å². The second-order valence-electron chi connectivity index (χ2n) is 3.31. The standard InChI is InChI=1S/C12H12O2S/c13-12-10(5-4-8-14-12)9-15-11-6-2-1-3-7-11/h1-3,6-7,9H,4-5,8H2/b10-9+. The Morgan fingerprint density at radius 3 is 2.80 bits per heavy atom. The minimum atomic E-state index is -0.162. The van der Waals surface area contributed by atoms with Crippen molar-refractivity contribution in [3.8, 4) is 0 Å². The number of hydrogen-bond donors (Lipinski definition) is 0. The van der Waals surface area contributed by atoms with Gasteiger partial charge in [-0.2, -0.15) is 0 Å². The number of ether oxygens (including phenoxy) is 1. The Kier molecular flexibility index (Phi) is 3.45. The van der Waals surface area contributed by atoms with Crippen LogP contribution in [-0.4, -0.2) is 12.6 Å². The number of cyclic esters (lactones) is 1. The molecule has 1 aromatic rings. The molecule has 1 aliphatic rings. The molecule has 1 aromatic carbocycles. The van der Waals surface area contributed by atoms with Gasteiger partial charge in [-0.25, -0.2) is 4.79 Å². The first-order valence-corrected chi connectivity index (χ1v) is 5.82. The maximum atomic E-state index is 11.3. The zero-order valence-electron chi connectivity index (χ0n) is 8.31. The molecule has 1 fully saturated rings. The third-order valence-electron chi connectivity index (χ3n) is 2.17. The van der Waals surface area contributed by atoms with E-state index in [0.717, 1.165) is 23.3 Å². The van der Waals surface area contributed by atoms with E-state index in [1.165, 1.54) is 0 Å². The van der Waals surface area contributed by atoms with E-state index in [4.69, 9.17) is 4.74 Å². The van der Waals surface area contributed by atoms with Gasteiger partial charge in [-0.1, -0.05) is 30.0 Å². The number of hydrogen-bond acceptors (Lipinski definition) is 3. The van der Waals surface area contributed by atoms with Crippen molar-refractivity contribution in [3.63, 3.8) is 0 Å². The van der Waals surface area contributed by atoms with Crippen molar-refractivity contribution in [3.05, 3.63) is 41.3 Å². The van der Waals surface area contributed by atoms with E-state index < -0.39 is 0 Å². The van der Waals surface area contributed by atoms with Crippen LogP contribution in [0.1, 0.15) is 12.8 Å². The molecule has 15 heavy (non-hydrogen) atoms. The molecule has 0 spiro atoms. The van der Waals surface area contributed by atoms with Crippen LogP contribution in [0.3, 0.4) is 0 Å². The first kappa shape index (κ1) is 10.3. The summed E-state index contributed by atoms with van der Waals surface area (Å²) < 4.78 is 4.96. The third kappa shape index (κ3) is 2.86. The Labute approximate surface area is 93.3 Å². The summed E-state index contributed by atoms with van der Waals surface area (Å²) in [5.74, 6) is -0.162. The van der Waals surface area contributed by atoms with E-state index in [1.54, 1.807) is 11.8 Å². The van der Waals surface area contributed by atoms with Crippen LogP contribution < -0.4 is 0 Å². The van der Waals surface area contributed by atoms with E-state index in [0.29, 0.717) is 6.61 Å². The van der Waals surface area contributed by atoms with Crippen molar-refractivity contribution >= 4 is 17.7 Å². The van der Waals surface area contributed by atoms with Gasteiger partial charge in [-0.3, -0.25) is 0 Å². The number of thioether (sulfide) groups is 1. The SMILES string of the molecule is O=C1OCCC/C1=C\Sc1ccccc1. The van der Waals surface area contributed by atoms with Crippen molar-refractivity contribution in [2.75, 3.05) is 6.61 Å². The van der Waals surface area contributed by atoms with Crippen LogP contribution in [0, 0.1) is 0 Å². The van der Waals surface area contributed by atoms with Gasteiger partial charge in [0.2, 0.25) is 0 Å². The van der Waals surface area contributed by atoms with Crippen LogP contribution in [0.25, 0.3) is 0 Å². The molecule has 0 aromatic heterocycles. The monoisotopic (exact) mass is 220 g/mol. The lowest BCUT2D eigenvalue weighted by Crippen LogP contribution is -2.14. The van der Waals surface area contributed by atoms with Crippen LogP contribution in [0.15, 0.2) is 46.2 Å². The smallest absolute Gasteiger partial charge is 0.334 e. The molecule has 0 aliphatic carbocycles. The number of rotatable bonds is 2. The summed E-state index contributed by atoms with van der Waals surface area (Å²) in [7, 11) is 0. The maximum Gasteiger partial charge on any atom is 0.334 e. The topological polar surface area (TPSA) is 26.3 Å². The molecule has 0 bridgehead atoms. The van der Waals surface area contributed by atoms with Gasteiger partial charge >= 0.3 is 5.97 Å². The fourth-order valence-electron chi connectivity index (χ4n) is 1.37. The summed E-state index contributed by atoms with van der Waals surface area (Å²) >= 11 is 1.57. The molecule has 0 amide bonds. The van der Waals surface area contributed by atoms with Gasteiger partial charge < -0.3 is 4.74 Å². The second-order valence-corrected chi connectivity index (χ2v) is 4.26. The molecular weight excluding hydrogens is 208 g/mol. The first-order valence-electron chi connectivity index (χ1n) is 4.94. The molecule has 1 aliphatic heterocycles. The van der Waals surface area contributed by atoms with Gasteiger partial charge in [0.05, 0.1) is 6.61 Å². The zero-order valence-corrected chi connectivity index (χ0v) is 9.13. The predicted molar refractivity (Wildman–Crippen MR) is 60.6 cm³/mol. The van der Waals surface area contributed by atoms with E-state index in [1.807, 2.05) is 35.7 Å². The highest BCUT2D eigenvalue weighted by molar-refractivity contribution is 8.02. The summed E-state index contributed by atoms with van der Waals surface area (Å²) in [5, 5.41) is 1.90. The average molecular weight is 220 g/mol. The lowest BCUT2D eigenvalue weighted by Gasteiger charge is -2.13. The Bertz CT molecular complexity index is 370. The zero-order chi connectivity index (χ0) is 10.5. The highest BCUT2D eigenvalue weighted by Crippen LogP contribution is 2.23. The van der Waals surface area contributed by atoms with Crippen LogP contribution in [-0.2, 0) is 9.53 Å². The molecule has 2 nitrogen and oxygen atoms in total. The molecule has 0 saturated carbocycles. The molecule has 3 heteroatoms. The molecule has 0 N–H and O–H groups in total. The molecule has 1 saturated heterocycles. The highest BCUT2D eigenvalue weighted by atomic mass is 32.2. The fraction of sp³-hybridized carbons (Fsp3) is 0.250. The molecule has 78 valence electrons. The maximum absolute atomic E-state index is 11.3. The minimum absolute atomic E-state index is 0.162. The highest BCUT2D eigenvalue weighted by Gasteiger charge is 2.15. The molecule has 1 heterocycles. The van der Waals surface area contributed by atoms with E-state index in [-0.39, 0.29) is 5.97 Å². The molecule has 2 rings (SSSR count). The van der Waals surface area contributed by atoms with E-state index in [9.17, 15) is 4.79 Å². The molecular formula is C12H12O2S. The van der Waals surface area contributed by atoms with Gasteiger partial charge in [0.25, 0.3) is 0 Å². The van der Waals surface area contributed by atoms with Gasteiger partial charge in [0, 0.05) is 10.5 Å². The minimum Gasteiger partial charge on any atom is -0.462 e. The lowest BCUT2D eigenvalue weighted by molar-refractivity contribution is -0.141. The quantitative estimate of drug-likeness (QED) is 0.435. The predicted octanol–water partition coefficient (Wildman–Crippen LogP) is 3.00. The number of benzene rings is 1. The summed E-state index contributed by atoms with van der Waals surface area (Å²) in [4.78, 5) is 12.5. The molecule has 0 atom stereocenters. The normalized spacial score (nSPS) is 18.9. The van der Waals surface area contributed by atoms with Crippen LogP contribution in [0.4, 0.5) is 0 Å². The lowest BCUT2D eigenvalue weighted by atomic mass is 10.1. The van der Waals surface area contributed by atoms with Crippen molar-refractivity contribution in [1.29, 1.82) is 0 Å². The Morgan fingerprint density at radius 2 is 2.07 bits per heavy atom. The molecule has 0 radical (unpaired) electrons. The van der Waals surface area contributed by atoms with E-state index >= 15 is 0 Å². The summed E-state index contributed by atoms with van der Waals surface area (Å²) in [6, 6.07) is 10.00. The van der Waals surface area contributed by atoms with Gasteiger partial charge in [-0.05, 0) is 30.4 Å². The van der Waals surface area contributed by atoms with Crippen molar-refractivity contribution in [1.82, 2.24) is 0 Å². The van der Waals surface area contributed by atoms with Crippen molar-refractivity contribution in [2.45, 2.75) is 17.7 Å². The summed E-state index contributed by atoms with van der Waals surface area (Å²) in [6.45, 7) is 0.562. The summed E-state index contributed by atoms with van der Waals surface area (Å²) in [6.07, 6.45) is 1.77. The van der Waals surface area contributed by atoms with Gasteiger partial charge in [0.15, 0.2) is 0 Å². The number of carbonyl (C=O) groups excluding carboxylic acids is 1. The average Bonchev–Trinajstić information content (AvgIpc) is 2.29. The number of esters is 1. The van der Waals surface area contributed by atoms with Crippen molar-refractivity contribution in [2.24, 2.45) is 0 Å². The Morgan fingerprint density at radius 1 is 1.27 bits per heavy atom. The largest absolute Gasteiger partial charge is 0.462 e. The van der Waals surface area contributed by atoms with Crippen molar-refractivity contribution < 1.29 is 9.53 Å². The number of carbonyl (C=O) groups is 1. The first-order chi connectivity index (χ1) is 7.36. The Hall–Kier alpha value is -1.22. The molecule has 0 unspecified atom stereocenters. The fourth-order valence-corrected chi connectivity index (χ4v) is 2.17.